The first-order chi connectivity index (χ1) is 9.74. The summed E-state index contributed by atoms with van der Waals surface area (Å²) in [6.45, 7) is 0.710. The van der Waals surface area contributed by atoms with Gasteiger partial charge in [-0.05, 0) is 12.1 Å². The zero-order valence-electron chi connectivity index (χ0n) is 11.7. The van der Waals surface area contributed by atoms with E-state index < -0.39 is 0 Å². The van der Waals surface area contributed by atoms with Crippen molar-refractivity contribution in [3.05, 3.63) is 42.1 Å². The van der Waals surface area contributed by atoms with Gasteiger partial charge in [-0.3, -0.25) is 0 Å². The molecule has 1 aromatic carbocycles. The van der Waals surface area contributed by atoms with Crippen LogP contribution in [0.25, 0.3) is 0 Å². The van der Waals surface area contributed by atoms with Crippen LogP contribution in [0.15, 0.2) is 36.5 Å². The summed E-state index contributed by atoms with van der Waals surface area (Å²) in [6.07, 6.45) is 2.68. The highest BCUT2D eigenvalue weighted by Crippen LogP contribution is 2.33. The molecule has 1 unspecified atom stereocenters. The minimum Gasteiger partial charge on any atom is -0.493 e. The zero-order chi connectivity index (χ0) is 13.9. The number of benzene rings is 1. The van der Waals surface area contributed by atoms with Gasteiger partial charge in [-0.2, -0.15) is 4.98 Å². The molecular formula is C15H18N4O. The third kappa shape index (κ3) is 2.52. The molecule has 1 atom stereocenters. The summed E-state index contributed by atoms with van der Waals surface area (Å²) in [4.78, 5) is 10.8. The lowest BCUT2D eigenvalue weighted by Crippen LogP contribution is -2.21. The van der Waals surface area contributed by atoms with Gasteiger partial charge in [-0.15, -0.1) is 0 Å². The molecule has 0 saturated carbocycles. The number of aromatic nitrogens is 2. The van der Waals surface area contributed by atoms with Crippen molar-refractivity contribution in [2.75, 3.05) is 30.9 Å². The Morgan fingerprint density at radius 1 is 1.25 bits per heavy atom. The predicted octanol–water partition coefficient (Wildman–Crippen LogP) is 2.48. The predicted molar refractivity (Wildman–Crippen MR) is 79.3 cm³/mol. The first kappa shape index (κ1) is 12.7. The van der Waals surface area contributed by atoms with Gasteiger partial charge in [0.2, 0.25) is 5.95 Å². The Labute approximate surface area is 118 Å². The second kappa shape index (κ2) is 5.36. The smallest absolute Gasteiger partial charge is 0.225 e. The van der Waals surface area contributed by atoms with Gasteiger partial charge in [0, 0.05) is 32.3 Å². The summed E-state index contributed by atoms with van der Waals surface area (Å²) < 4.78 is 5.66. The van der Waals surface area contributed by atoms with E-state index in [1.807, 2.05) is 43.3 Å². The number of rotatable bonds is 3. The van der Waals surface area contributed by atoms with E-state index in [0.29, 0.717) is 12.6 Å². The third-order valence-corrected chi connectivity index (χ3v) is 3.36. The second-order valence-electron chi connectivity index (χ2n) is 5.00. The van der Waals surface area contributed by atoms with E-state index in [1.54, 1.807) is 6.20 Å². The lowest BCUT2D eigenvalue weighted by Gasteiger charge is -2.26. The lowest BCUT2D eigenvalue weighted by molar-refractivity contribution is 0.274. The Hall–Kier alpha value is -2.30. The Morgan fingerprint density at radius 2 is 2.10 bits per heavy atom. The van der Waals surface area contributed by atoms with Gasteiger partial charge in [-0.25, -0.2) is 4.98 Å². The molecule has 104 valence electrons. The Kier molecular flexibility index (Phi) is 3.41. The van der Waals surface area contributed by atoms with Crippen LogP contribution in [0.1, 0.15) is 18.0 Å². The molecule has 0 spiro atoms. The molecule has 1 aliphatic rings. The van der Waals surface area contributed by atoms with Crippen LogP contribution < -0.4 is 15.0 Å². The van der Waals surface area contributed by atoms with E-state index in [2.05, 4.69) is 21.4 Å². The SMILES string of the molecule is CN(C)c1ccnc(NC2CCOc3ccccc32)n1. The first-order valence-electron chi connectivity index (χ1n) is 6.72. The van der Waals surface area contributed by atoms with Crippen LogP contribution >= 0.6 is 0 Å². The maximum Gasteiger partial charge on any atom is 0.225 e. The highest BCUT2D eigenvalue weighted by molar-refractivity contribution is 5.45. The summed E-state index contributed by atoms with van der Waals surface area (Å²) in [5.74, 6) is 2.49. The van der Waals surface area contributed by atoms with Crippen molar-refractivity contribution in [1.82, 2.24) is 9.97 Å². The molecule has 2 aromatic rings. The van der Waals surface area contributed by atoms with E-state index in [9.17, 15) is 0 Å². The first-order valence-corrected chi connectivity index (χ1v) is 6.72. The second-order valence-corrected chi connectivity index (χ2v) is 5.00. The van der Waals surface area contributed by atoms with Crippen molar-refractivity contribution in [2.24, 2.45) is 0 Å². The molecule has 1 aromatic heterocycles. The number of hydrogen-bond donors (Lipinski definition) is 1. The van der Waals surface area contributed by atoms with Gasteiger partial charge < -0.3 is 15.0 Å². The Bertz CT molecular complexity index is 600. The van der Waals surface area contributed by atoms with Crippen molar-refractivity contribution in [2.45, 2.75) is 12.5 Å². The molecule has 2 heterocycles. The van der Waals surface area contributed by atoms with Crippen molar-refractivity contribution in [3.63, 3.8) is 0 Å². The number of ether oxygens (including phenoxy) is 1. The highest BCUT2D eigenvalue weighted by atomic mass is 16.5. The number of nitrogens with zero attached hydrogens (tertiary/aromatic N) is 3. The third-order valence-electron chi connectivity index (χ3n) is 3.36. The van der Waals surface area contributed by atoms with Crippen LogP contribution in [0, 0.1) is 0 Å². The summed E-state index contributed by atoms with van der Waals surface area (Å²) in [5.41, 5.74) is 1.16. The van der Waals surface area contributed by atoms with Gasteiger partial charge in [0.1, 0.15) is 11.6 Å². The van der Waals surface area contributed by atoms with E-state index >= 15 is 0 Å². The van der Waals surface area contributed by atoms with Crippen LogP contribution in [0.4, 0.5) is 11.8 Å². The molecule has 1 aliphatic heterocycles. The molecule has 0 radical (unpaired) electrons. The monoisotopic (exact) mass is 270 g/mol. The summed E-state index contributed by atoms with van der Waals surface area (Å²) in [7, 11) is 3.94. The maximum absolute atomic E-state index is 5.66. The van der Waals surface area contributed by atoms with Crippen molar-refractivity contribution in [3.8, 4) is 5.75 Å². The molecule has 0 amide bonds. The summed E-state index contributed by atoms with van der Waals surface area (Å²) in [6, 6.07) is 10.2. The molecule has 5 heteroatoms. The average molecular weight is 270 g/mol. The van der Waals surface area contributed by atoms with E-state index in [0.717, 1.165) is 23.6 Å². The summed E-state index contributed by atoms with van der Waals surface area (Å²) in [5, 5.41) is 3.40. The van der Waals surface area contributed by atoms with Crippen LogP contribution in [0.5, 0.6) is 5.75 Å². The molecule has 0 aliphatic carbocycles. The number of nitrogens with one attached hydrogen (secondary N) is 1. The van der Waals surface area contributed by atoms with Crippen LogP contribution in [-0.4, -0.2) is 30.7 Å². The number of para-hydroxylation sites is 1. The van der Waals surface area contributed by atoms with Gasteiger partial charge in [-0.1, -0.05) is 18.2 Å². The minimum absolute atomic E-state index is 0.192. The molecule has 0 fully saturated rings. The fourth-order valence-electron chi connectivity index (χ4n) is 2.32. The van der Waals surface area contributed by atoms with Crippen molar-refractivity contribution in [1.29, 1.82) is 0 Å². The molecule has 0 bridgehead atoms. The van der Waals surface area contributed by atoms with Crippen LogP contribution in [-0.2, 0) is 0 Å². The topological polar surface area (TPSA) is 50.3 Å². The quantitative estimate of drug-likeness (QED) is 0.928. The van der Waals surface area contributed by atoms with Gasteiger partial charge in [0.15, 0.2) is 0 Å². The van der Waals surface area contributed by atoms with Gasteiger partial charge in [0.05, 0.1) is 12.6 Å². The number of anilines is 2. The number of fused-ring (bicyclic) bond motifs is 1. The van der Waals surface area contributed by atoms with Gasteiger partial charge >= 0.3 is 0 Å². The van der Waals surface area contributed by atoms with Crippen molar-refractivity contribution >= 4 is 11.8 Å². The molecule has 3 rings (SSSR count). The zero-order valence-corrected chi connectivity index (χ0v) is 11.7. The standard InChI is InChI=1S/C15H18N4O/c1-19(2)14-7-9-16-15(18-14)17-12-8-10-20-13-6-4-3-5-11(12)13/h3-7,9,12H,8,10H2,1-2H3,(H,16,17,18). The average Bonchev–Trinajstić information content (AvgIpc) is 2.48. The number of hydrogen-bond acceptors (Lipinski definition) is 5. The van der Waals surface area contributed by atoms with Crippen LogP contribution in [0.3, 0.4) is 0 Å². The fraction of sp³-hybridized carbons (Fsp3) is 0.333. The Morgan fingerprint density at radius 3 is 2.95 bits per heavy atom. The molecule has 5 nitrogen and oxygen atoms in total. The molecular weight excluding hydrogens is 252 g/mol. The van der Waals surface area contributed by atoms with Crippen LogP contribution in [0.2, 0.25) is 0 Å². The highest BCUT2D eigenvalue weighted by Gasteiger charge is 2.21. The maximum atomic E-state index is 5.66. The summed E-state index contributed by atoms with van der Waals surface area (Å²) >= 11 is 0. The van der Waals surface area contributed by atoms with Gasteiger partial charge in [0.25, 0.3) is 0 Å². The lowest BCUT2D eigenvalue weighted by atomic mass is 10.0. The fourth-order valence-corrected chi connectivity index (χ4v) is 2.32. The molecule has 20 heavy (non-hydrogen) atoms. The van der Waals surface area contributed by atoms with E-state index in [4.69, 9.17) is 4.74 Å². The Balaban J connectivity index is 1.84. The van der Waals surface area contributed by atoms with E-state index in [-0.39, 0.29) is 6.04 Å². The minimum atomic E-state index is 0.192. The van der Waals surface area contributed by atoms with E-state index in [1.165, 1.54) is 0 Å². The molecule has 0 saturated heterocycles. The normalized spacial score (nSPS) is 17.0. The van der Waals surface area contributed by atoms with Crippen molar-refractivity contribution < 1.29 is 4.74 Å². The largest absolute Gasteiger partial charge is 0.493 e. The molecule has 1 N–H and O–H groups in total.